The fourth-order valence-corrected chi connectivity index (χ4v) is 4.54. The average molecular weight is 536 g/mol. The van der Waals surface area contributed by atoms with Crippen molar-refractivity contribution in [3.05, 3.63) is 106 Å². The van der Waals surface area contributed by atoms with Crippen molar-refractivity contribution >= 4 is 40.6 Å². The number of benzene rings is 2. The Labute approximate surface area is 230 Å². The summed E-state index contributed by atoms with van der Waals surface area (Å²) in [6, 6.07) is 15.9. The molecule has 0 aliphatic carbocycles. The summed E-state index contributed by atoms with van der Waals surface area (Å²) in [6.45, 7) is 5.90. The number of aromatic amines is 1. The van der Waals surface area contributed by atoms with Gasteiger partial charge in [0.2, 0.25) is 0 Å². The predicted molar refractivity (Wildman–Crippen MR) is 157 cm³/mol. The summed E-state index contributed by atoms with van der Waals surface area (Å²) >= 11 is 0. The van der Waals surface area contributed by atoms with E-state index in [0.717, 1.165) is 5.69 Å². The van der Waals surface area contributed by atoms with Crippen molar-refractivity contribution in [2.24, 2.45) is 7.05 Å². The van der Waals surface area contributed by atoms with E-state index >= 15 is 0 Å². The van der Waals surface area contributed by atoms with Gasteiger partial charge in [-0.2, -0.15) is 10.2 Å². The number of carbonyl (C=O) groups is 1. The molecule has 1 amide bonds. The molecule has 5 aromatic rings. The Kier molecular flexibility index (Phi) is 7.27. The van der Waals surface area contributed by atoms with Crippen molar-refractivity contribution in [3.63, 3.8) is 0 Å². The topological polar surface area (TPSA) is 149 Å². The third-order valence-corrected chi connectivity index (χ3v) is 6.38. The molecule has 1 unspecified atom stereocenters. The Morgan fingerprint density at radius 3 is 2.67 bits per heavy atom. The molecule has 0 spiro atoms. The van der Waals surface area contributed by atoms with Gasteiger partial charge in [-0.1, -0.05) is 42.5 Å². The summed E-state index contributed by atoms with van der Waals surface area (Å²) in [5.41, 5.74) is 8.68. The van der Waals surface area contributed by atoms with Crippen molar-refractivity contribution in [2.75, 3.05) is 17.6 Å². The second-order valence-corrected chi connectivity index (χ2v) is 9.13. The molecule has 2 aromatic carbocycles. The first-order valence-corrected chi connectivity index (χ1v) is 12.7. The van der Waals surface area contributed by atoms with E-state index in [-0.39, 0.29) is 16.9 Å². The van der Waals surface area contributed by atoms with E-state index in [1.807, 2.05) is 60.7 Å². The molecule has 1 atom stereocenters. The van der Waals surface area contributed by atoms with Crippen molar-refractivity contribution in [1.29, 1.82) is 0 Å². The van der Waals surface area contributed by atoms with Crippen LogP contribution in [0.3, 0.4) is 0 Å². The molecule has 0 bridgehead atoms. The quantitative estimate of drug-likeness (QED) is 0.210. The number of anilines is 2. The fraction of sp³-hybridized carbons (Fsp3) is 0.138. The summed E-state index contributed by atoms with van der Waals surface area (Å²) in [7, 11) is 1.69. The van der Waals surface area contributed by atoms with Crippen LogP contribution in [0.1, 0.15) is 40.4 Å². The van der Waals surface area contributed by atoms with Gasteiger partial charge in [0.05, 0.1) is 28.3 Å². The number of aromatic nitrogens is 6. The molecule has 0 saturated heterocycles. The molecule has 11 nitrogen and oxygen atoms in total. The minimum absolute atomic E-state index is 0.0828. The first-order valence-electron chi connectivity index (χ1n) is 12.7. The van der Waals surface area contributed by atoms with Gasteiger partial charge < -0.3 is 16.4 Å². The molecule has 0 fully saturated rings. The van der Waals surface area contributed by atoms with Crippen molar-refractivity contribution in [2.45, 2.75) is 13.0 Å². The van der Waals surface area contributed by atoms with Gasteiger partial charge in [0.25, 0.3) is 11.5 Å². The number of hydrogen-bond donors (Lipinski definition) is 4. The van der Waals surface area contributed by atoms with Gasteiger partial charge in [-0.15, -0.1) is 6.58 Å². The van der Waals surface area contributed by atoms with E-state index in [1.165, 1.54) is 9.25 Å². The van der Waals surface area contributed by atoms with Crippen LogP contribution in [0.2, 0.25) is 0 Å². The molecule has 202 valence electrons. The number of aryl methyl sites for hydroxylation is 1. The summed E-state index contributed by atoms with van der Waals surface area (Å²) in [5, 5.41) is 17.5. The maximum atomic E-state index is 14.1. The highest BCUT2D eigenvalue weighted by molar-refractivity contribution is 6.03. The second kappa shape index (κ2) is 11.1. The van der Waals surface area contributed by atoms with Crippen LogP contribution >= 0.6 is 0 Å². The van der Waals surface area contributed by atoms with Gasteiger partial charge in [0, 0.05) is 19.8 Å². The molecule has 5 rings (SSSR count). The number of nitrogens with zero attached hydrogens (tertiary/aromatic N) is 5. The molecule has 0 aliphatic rings. The molecule has 0 aliphatic heterocycles. The summed E-state index contributed by atoms with van der Waals surface area (Å²) in [5.74, 6) is 0.465. The molecular weight excluding hydrogens is 506 g/mol. The van der Waals surface area contributed by atoms with Crippen molar-refractivity contribution in [1.82, 2.24) is 34.8 Å². The Morgan fingerprint density at radius 2 is 1.95 bits per heavy atom. The van der Waals surface area contributed by atoms with E-state index < -0.39 is 11.9 Å². The number of hydrogen-bond acceptors (Lipinski definition) is 7. The van der Waals surface area contributed by atoms with Gasteiger partial charge in [-0.3, -0.25) is 23.9 Å². The SMILES string of the molecule is C=CCNc1c(C(=O)NC(C)c2nc3cccc(/C=C/c4ccn[nH]4)c3c(=O)n2-c2ccccc2)c(N)nn1C. The Balaban J connectivity index is 1.61. The normalized spacial score (nSPS) is 12.1. The van der Waals surface area contributed by atoms with Crippen LogP contribution in [0.4, 0.5) is 11.6 Å². The number of amides is 1. The van der Waals surface area contributed by atoms with Crippen LogP contribution in [0.25, 0.3) is 28.7 Å². The van der Waals surface area contributed by atoms with Gasteiger partial charge in [0.1, 0.15) is 17.2 Å². The molecule has 0 radical (unpaired) electrons. The monoisotopic (exact) mass is 535 g/mol. The van der Waals surface area contributed by atoms with Gasteiger partial charge >= 0.3 is 0 Å². The fourth-order valence-electron chi connectivity index (χ4n) is 4.54. The lowest BCUT2D eigenvalue weighted by molar-refractivity contribution is 0.0939. The highest BCUT2D eigenvalue weighted by atomic mass is 16.2. The van der Waals surface area contributed by atoms with Crippen LogP contribution in [-0.2, 0) is 7.05 Å². The highest BCUT2D eigenvalue weighted by Gasteiger charge is 2.25. The molecular formula is C29H29N9O2. The Bertz CT molecular complexity index is 1770. The zero-order chi connectivity index (χ0) is 28.2. The van der Waals surface area contributed by atoms with E-state index in [2.05, 4.69) is 32.5 Å². The number of para-hydroxylation sites is 1. The number of rotatable bonds is 9. The lowest BCUT2D eigenvalue weighted by atomic mass is 10.1. The Morgan fingerprint density at radius 1 is 1.15 bits per heavy atom. The third-order valence-electron chi connectivity index (χ3n) is 6.38. The maximum Gasteiger partial charge on any atom is 0.266 e. The lowest BCUT2D eigenvalue weighted by Crippen LogP contribution is -2.34. The van der Waals surface area contributed by atoms with Crippen LogP contribution in [0.15, 0.2) is 78.2 Å². The van der Waals surface area contributed by atoms with Crippen LogP contribution in [-0.4, -0.2) is 42.0 Å². The largest absolute Gasteiger partial charge is 0.381 e. The number of H-pyrrole nitrogens is 1. The standard InChI is InChI=1S/C29H29N9O2/c1-4-16-31-27-24(25(30)36-37(27)3)28(39)33-18(2)26-34-22-12-8-9-19(13-14-20-15-17-32-35-20)23(22)29(40)38(26)21-10-6-5-7-11-21/h4-15,17-18,31H,1,16H2,2-3H3,(H2,30,36)(H,32,35)(H,33,39)/b14-13+. The summed E-state index contributed by atoms with van der Waals surface area (Å²) in [4.78, 5) is 32.5. The number of carbonyl (C=O) groups excluding carboxylic acids is 1. The number of fused-ring (bicyclic) bond motifs is 1. The summed E-state index contributed by atoms with van der Waals surface area (Å²) in [6.07, 6.45) is 7.03. The van der Waals surface area contributed by atoms with E-state index in [1.54, 1.807) is 32.3 Å². The zero-order valence-corrected chi connectivity index (χ0v) is 22.1. The van der Waals surface area contributed by atoms with Crippen molar-refractivity contribution < 1.29 is 4.79 Å². The van der Waals surface area contributed by atoms with Gasteiger partial charge in [0.15, 0.2) is 5.82 Å². The first kappa shape index (κ1) is 26.2. The van der Waals surface area contributed by atoms with E-state index in [4.69, 9.17) is 10.7 Å². The summed E-state index contributed by atoms with van der Waals surface area (Å²) < 4.78 is 3.04. The smallest absolute Gasteiger partial charge is 0.266 e. The average Bonchev–Trinajstić information content (AvgIpc) is 3.57. The Hall–Kier alpha value is -5.45. The predicted octanol–water partition coefficient (Wildman–Crippen LogP) is 3.68. The molecule has 3 aromatic heterocycles. The second-order valence-electron chi connectivity index (χ2n) is 9.13. The number of nitrogen functional groups attached to an aromatic ring is 1. The lowest BCUT2D eigenvalue weighted by Gasteiger charge is -2.20. The molecule has 0 saturated carbocycles. The van der Waals surface area contributed by atoms with Gasteiger partial charge in [-0.25, -0.2) is 4.98 Å². The number of nitrogens with one attached hydrogen (secondary N) is 3. The minimum Gasteiger partial charge on any atom is -0.381 e. The van der Waals surface area contributed by atoms with E-state index in [9.17, 15) is 9.59 Å². The van der Waals surface area contributed by atoms with Crippen LogP contribution in [0, 0.1) is 0 Å². The molecule has 40 heavy (non-hydrogen) atoms. The zero-order valence-electron chi connectivity index (χ0n) is 22.1. The van der Waals surface area contributed by atoms with Gasteiger partial charge in [-0.05, 0) is 42.8 Å². The van der Waals surface area contributed by atoms with Crippen molar-refractivity contribution in [3.8, 4) is 5.69 Å². The third kappa shape index (κ3) is 4.99. The number of nitrogens with two attached hydrogens (primary N) is 1. The van der Waals surface area contributed by atoms with Crippen LogP contribution in [0.5, 0.6) is 0 Å². The molecule has 5 N–H and O–H groups in total. The van der Waals surface area contributed by atoms with E-state index in [0.29, 0.717) is 40.3 Å². The maximum absolute atomic E-state index is 14.1. The highest BCUT2D eigenvalue weighted by Crippen LogP contribution is 2.24. The molecule has 11 heteroatoms. The first-order chi connectivity index (χ1) is 19.4. The molecule has 3 heterocycles. The minimum atomic E-state index is -0.666. The van der Waals surface area contributed by atoms with Crippen LogP contribution < -0.4 is 21.9 Å².